The summed E-state index contributed by atoms with van der Waals surface area (Å²) in [4.78, 5) is 4.06. The lowest BCUT2D eigenvalue weighted by molar-refractivity contribution is -0.137. The SMILES string of the molecule is CCCN=C(NN)Nc1ccc(C(F)(F)F)cc1Cl. The summed E-state index contributed by atoms with van der Waals surface area (Å²) in [6.07, 6.45) is -3.61. The van der Waals surface area contributed by atoms with Crippen LogP contribution in [0.15, 0.2) is 23.2 Å². The van der Waals surface area contributed by atoms with E-state index >= 15 is 0 Å². The topological polar surface area (TPSA) is 62.4 Å². The van der Waals surface area contributed by atoms with E-state index in [0.29, 0.717) is 12.2 Å². The van der Waals surface area contributed by atoms with Gasteiger partial charge in [0, 0.05) is 6.54 Å². The number of nitrogens with one attached hydrogen (secondary N) is 2. The molecular weight excluding hydrogens is 281 g/mol. The van der Waals surface area contributed by atoms with Crippen LogP contribution in [0.3, 0.4) is 0 Å². The zero-order valence-electron chi connectivity index (χ0n) is 10.2. The fourth-order valence-corrected chi connectivity index (χ4v) is 1.49. The Hall–Kier alpha value is -1.47. The predicted octanol–water partition coefficient (Wildman–Crippen LogP) is 3.00. The number of nitrogens with zero attached hydrogens (tertiary/aromatic N) is 1. The smallest absolute Gasteiger partial charge is 0.324 e. The number of benzene rings is 1. The molecule has 4 N–H and O–H groups in total. The first-order valence-corrected chi connectivity index (χ1v) is 5.91. The summed E-state index contributed by atoms with van der Waals surface area (Å²) in [6.45, 7) is 2.47. The Kier molecular flexibility index (Phi) is 5.44. The number of alkyl halides is 3. The van der Waals surface area contributed by atoms with Gasteiger partial charge in [0.05, 0.1) is 16.3 Å². The van der Waals surface area contributed by atoms with Gasteiger partial charge >= 0.3 is 6.18 Å². The average Bonchev–Trinajstić information content (AvgIpc) is 2.35. The van der Waals surface area contributed by atoms with Crippen LogP contribution in [0.1, 0.15) is 18.9 Å². The molecule has 0 atom stereocenters. The Balaban J connectivity index is 2.91. The Labute approximate surface area is 113 Å². The zero-order chi connectivity index (χ0) is 14.5. The molecule has 106 valence electrons. The van der Waals surface area contributed by atoms with Gasteiger partial charge in [-0.3, -0.25) is 10.4 Å². The molecule has 0 aromatic heterocycles. The number of hydrogen-bond donors (Lipinski definition) is 3. The molecule has 0 aliphatic carbocycles. The molecule has 0 unspecified atom stereocenters. The Bertz CT molecular complexity index is 460. The van der Waals surface area contributed by atoms with Crippen LogP contribution in [0.2, 0.25) is 5.02 Å². The van der Waals surface area contributed by atoms with E-state index in [-0.39, 0.29) is 11.0 Å². The van der Waals surface area contributed by atoms with Crippen molar-refractivity contribution in [3.8, 4) is 0 Å². The van der Waals surface area contributed by atoms with Gasteiger partial charge in [0.15, 0.2) is 0 Å². The van der Waals surface area contributed by atoms with Crippen LogP contribution in [0, 0.1) is 0 Å². The molecule has 0 spiro atoms. The van der Waals surface area contributed by atoms with E-state index in [2.05, 4.69) is 15.7 Å². The summed E-state index contributed by atoms with van der Waals surface area (Å²) < 4.78 is 37.4. The fourth-order valence-electron chi connectivity index (χ4n) is 1.27. The first-order valence-electron chi connectivity index (χ1n) is 5.53. The van der Waals surface area contributed by atoms with Gasteiger partial charge in [-0.1, -0.05) is 18.5 Å². The highest BCUT2D eigenvalue weighted by atomic mass is 35.5. The van der Waals surface area contributed by atoms with Crippen LogP contribution in [-0.4, -0.2) is 12.5 Å². The number of rotatable bonds is 3. The molecule has 0 aliphatic heterocycles. The van der Waals surface area contributed by atoms with Gasteiger partial charge in [-0.25, -0.2) is 5.84 Å². The molecule has 1 aromatic carbocycles. The summed E-state index contributed by atoms with van der Waals surface area (Å²) in [5.74, 6) is 5.48. The third-order valence-corrected chi connectivity index (χ3v) is 2.49. The standard InChI is InChI=1S/C11H14ClF3N4/c1-2-5-17-10(19-16)18-9-4-3-7(6-8(9)12)11(13,14)15/h3-4,6H,2,5,16H2,1H3,(H2,17,18,19). The van der Waals surface area contributed by atoms with E-state index in [0.717, 1.165) is 18.6 Å². The Morgan fingerprint density at radius 1 is 1.42 bits per heavy atom. The molecule has 0 heterocycles. The second-order valence-corrected chi connectivity index (χ2v) is 4.10. The van der Waals surface area contributed by atoms with E-state index in [1.807, 2.05) is 6.92 Å². The van der Waals surface area contributed by atoms with Gasteiger partial charge in [0.2, 0.25) is 5.96 Å². The summed E-state index contributed by atoms with van der Waals surface area (Å²) in [5.41, 5.74) is 1.80. The first kappa shape index (κ1) is 15.6. The van der Waals surface area contributed by atoms with Crippen molar-refractivity contribution < 1.29 is 13.2 Å². The van der Waals surface area contributed by atoms with Gasteiger partial charge in [-0.15, -0.1) is 0 Å². The molecule has 19 heavy (non-hydrogen) atoms. The van der Waals surface area contributed by atoms with Crippen molar-refractivity contribution in [1.82, 2.24) is 5.43 Å². The molecule has 0 bridgehead atoms. The van der Waals surface area contributed by atoms with E-state index in [1.165, 1.54) is 6.07 Å². The van der Waals surface area contributed by atoms with Crippen LogP contribution in [0.5, 0.6) is 0 Å². The molecule has 0 radical (unpaired) electrons. The van der Waals surface area contributed by atoms with Crippen LogP contribution < -0.4 is 16.6 Å². The molecule has 1 rings (SSSR count). The molecule has 0 saturated heterocycles. The largest absolute Gasteiger partial charge is 0.416 e. The number of anilines is 1. The summed E-state index contributed by atoms with van der Waals surface area (Å²) in [6, 6.07) is 3.00. The normalized spacial score (nSPS) is 12.4. The average molecular weight is 295 g/mol. The van der Waals surface area contributed by atoms with Crippen molar-refractivity contribution in [1.29, 1.82) is 0 Å². The highest BCUT2D eigenvalue weighted by Crippen LogP contribution is 2.33. The first-order chi connectivity index (χ1) is 8.88. The lowest BCUT2D eigenvalue weighted by atomic mass is 10.2. The number of hydrogen-bond acceptors (Lipinski definition) is 2. The minimum absolute atomic E-state index is 0.0609. The molecule has 0 saturated carbocycles. The van der Waals surface area contributed by atoms with Crippen molar-refractivity contribution in [2.24, 2.45) is 10.8 Å². The lowest BCUT2D eigenvalue weighted by Gasteiger charge is -2.13. The van der Waals surface area contributed by atoms with E-state index in [9.17, 15) is 13.2 Å². The molecule has 4 nitrogen and oxygen atoms in total. The maximum atomic E-state index is 12.5. The molecule has 8 heteroatoms. The van der Waals surface area contributed by atoms with Gasteiger partial charge in [0.25, 0.3) is 0 Å². The number of nitrogens with two attached hydrogens (primary N) is 1. The minimum atomic E-state index is -4.42. The Morgan fingerprint density at radius 2 is 2.11 bits per heavy atom. The number of halogens is 4. The third-order valence-electron chi connectivity index (χ3n) is 2.18. The fraction of sp³-hybridized carbons (Fsp3) is 0.364. The van der Waals surface area contributed by atoms with Crippen LogP contribution >= 0.6 is 11.6 Å². The molecule has 1 aromatic rings. The maximum absolute atomic E-state index is 12.5. The van der Waals surface area contributed by atoms with Crippen molar-refractivity contribution in [3.05, 3.63) is 28.8 Å². The third kappa shape index (κ3) is 4.60. The molecular formula is C11H14ClF3N4. The van der Waals surface area contributed by atoms with Gasteiger partial charge in [-0.05, 0) is 24.6 Å². The van der Waals surface area contributed by atoms with Crippen molar-refractivity contribution in [3.63, 3.8) is 0 Å². The lowest BCUT2D eigenvalue weighted by Crippen LogP contribution is -2.36. The maximum Gasteiger partial charge on any atom is 0.416 e. The van der Waals surface area contributed by atoms with Crippen LogP contribution in [0.25, 0.3) is 0 Å². The van der Waals surface area contributed by atoms with Crippen LogP contribution in [-0.2, 0) is 6.18 Å². The summed E-state index contributed by atoms with van der Waals surface area (Å²) in [5, 5.41) is 2.66. The molecule has 0 fully saturated rings. The van der Waals surface area contributed by atoms with Gasteiger partial charge < -0.3 is 5.32 Å². The minimum Gasteiger partial charge on any atom is -0.324 e. The van der Waals surface area contributed by atoms with E-state index in [4.69, 9.17) is 17.4 Å². The quantitative estimate of drug-likeness (QED) is 0.347. The highest BCUT2D eigenvalue weighted by Gasteiger charge is 2.30. The number of hydrazine groups is 1. The zero-order valence-corrected chi connectivity index (χ0v) is 10.9. The second-order valence-electron chi connectivity index (χ2n) is 3.69. The second kappa shape index (κ2) is 6.63. The summed E-state index contributed by atoms with van der Waals surface area (Å²) >= 11 is 5.78. The monoisotopic (exact) mass is 294 g/mol. The van der Waals surface area contributed by atoms with Crippen molar-refractivity contribution >= 4 is 23.2 Å². The number of guanidine groups is 1. The number of aliphatic imine (C=N–C) groups is 1. The van der Waals surface area contributed by atoms with Crippen molar-refractivity contribution in [2.45, 2.75) is 19.5 Å². The van der Waals surface area contributed by atoms with Crippen LogP contribution in [0.4, 0.5) is 18.9 Å². The molecule has 0 aliphatic rings. The Morgan fingerprint density at radius 3 is 2.58 bits per heavy atom. The van der Waals surface area contributed by atoms with Gasteiger partial charge in [-0.2, -0.15) is 13.2 Å². The summed E-state index contributed by atoms with van der Waals surface area (Å²) in [7, 11) is 0. The molecule has 0 amide bonds. The predicted molar refractivity (Wildman–Crippen MR) is 70.0 cm³/mol. The van der Waals surface area contributed by atoms with E-state index in [1.54, 1.807) is 0 Å². The van der Waals surface area contributed by atoms with Gasteiger partial charge in [0.1, 0.15) is 0 Å². The van der Waals surface area contributed by atoms with Crippen molar-refractivity contribution in [2.75, 3.05) is 11.9 Å². The van der Waals surface area contributed by atoms with E-state index < -0.39 is 11.7 Å². The highest BCUT2D eigenvalue weighted by molar-refractivity contribution is 6.33.